The van der Waals surface area contributed by atoms with Gasteiger partial charge >= 0.3 is 0 Å². The molecule has 1 aromatic heterocycles. The number of hydrogen-bond acceptors (Lipinski definition) is 2. The predicted octanol–water partition coefficient (Wildman–Crippen LogP) is 4.58. The molecule has 0 bridgehead atoms. The molecule has 24 heavy (non-hydrogen) atoms. The first kappa shape index (κ1) is 15.0. The van der Waals surface area contributed by atoms with Gasteiger partial charge in [0.15, 0.2) is 6.23 Å². The van der Waals surface area contributed by atoms with E-state index in [-0.39, 0.29) is 6.23 Å². The molecule has 3 heteroatoms. The summed E-state index contributed by atoms with van der Waals surface area (Å²) in [5.74, 6) is 0. The van der Waals surface area contributed by atoms with Gasteiger partial charge in [0.2, 0.25) is 0 Å². The molecule has 1 fully saturated rings. The quantitative estimate of drug-likeness (QED) is 0.701. The molecule has 4 rings (SSSR count). The summed E-state index contributed by atoms with van der Waals surface area (Å²) in [6, 6.07) is 21.3. The zero-order chi connectivity index (χ0) is 16.4. The molecule has 1 atom stereocenters. The van der Waals surface area contributed by atoms with Gasteiger partial charge in [0, 0.05) is 35.9 Å². The highest BCUT2D eigenvalue weighted by atomic mass is 16.5. The van der Waals surface area contributed by atoms with E-state index >= 15 is 0 Å². The molecule has 1 aliphatic rings. The van der Waals surface area contributed by atoms with Crippen molar-refractivity contribution in [3.63, 3.8) is 0 Å². The minimum atomic E-state index is -0.0116. The Morgan fingerprint density at radius 2 is 1.75 bits per heavy atom. The van der Waals surface area contributed by atoms with Gasteiger partial charge in [-0.1, -0.05) is 37.3 Å². The second kappa shape index (κ2) is 6.54. The predicted molar refractivity (Wildman–Crippen MR) is 97.6 cm³/mol. The van der Waals surface area contributed by atoms with E-state index in [1.54, 1.807) is 0 Å². The molecule has 1 aliphatic heterocycles. The Labute approximate surface area is 143 Å². The summed E-state index contributed by atoms with van der Waals surface area (Å²) in [5.41, 5.74) is 4.95. The lowest BCUT2D eigenvalue weighted by Gasteiger charge is -2.24. The number of nitrogens with zero attached hydrogens (tertiary/aromatic N) is 2. The largest absolute Gasteiger partial charge is 0.352 e. The maximum Gasteiger partial charge on any atom is 0.158 e. The van der Waals surface area contributed by atoms with E-state index in [2.05, 4.69) is 83.4 Å². The lowest BCUT2D eigenvalue weighted by Crippen LogP contribution is -2.22. The fraction of sp³-hybridized carbons (Fsp3) is 0.238. The van der Waals surface area contributed by atoms with Gasteiger partial charge in [0.25, 0.3) is 0 Å². The third-order valence-electron chi connectivity index (χ3n) is 4.62. The zero-order valence-electron chi connectivity index (χ0n) is 13.9. The van der Waals surface area contributed by atoms with Crippen molar-refractivity contribution in [3.8, 4) is 5.69 Å². The molecule has 0 aliphatic carbocycles. The van der Waals surface area contributed by atoms with Crippen molar-refractivity contribution in [2.45, 2.75) is 19.6 Å². The average molecular weight is 318 g/mol. The van der Waals surface area contributed by atoms with Gasteiger partial charge in [-0.3, -0.25) is 0 Å². The summed E-state index contributed by atoms with van der Waals surface area (Å²) in [7, 11) is 0. The molecule has 3 nitrogen and oxygen atoms in total. The van der Waals surface area contributed by atoms with Gasteiger partial charge in [0.1, 0.15) is 0 Å². The maximum atomic E-state index is 6.02. The highest BCUT2D eigenvalue weighted by Crippen LogP contribution is 2.32. The number of rotatable bonds is 4. The van der Waals surface area contributed by atoms with E-state index in [4.69, 9.17) is 4.74 Å². The number of aryl methyl sites for hydroxylation is 1. The maximum absolute atomic E-state index is 6.02. The fourth-order valence-electron chi connectivity index (χ4n) is 3.25. The Kier molecular flexibility index (Phi) is 4.09. The van der Waals surface area contributed by atoms with Crippen molar-refractivity contribution >= 4 is 5.69 Å². The van der Waals surface area contributed by atoms with Gasteiger partial charge in [-0.2, -0.15) is 0 Å². The molecule has 0 amide bonds. The van der Waals surface area contributed by atoms with Crippen LogP contribution in [0.15, 0.2) is 73.1 Å². The summed E-state index contributed by atoms with van der Waals surface area (Å²) in [5, 5.41) is 0. The van der Waals surface area contributed by atoms with Crippen molar-refractivity contribution < 1.29 is 4.74 Å². The van der Waals surface area contributed by atoms with Crippen LogP contribution in [0.1, 0.15) is 24.3 Å². The molecule has 0 N–H and O–H groups in total. The second-order valence-electron chi connectivity index (χ2n) is 6.12. The summed E-state index contributed by atoms with van der Waals surface area (Å²) < 4.78 is 8.17. The van der Waals surface area contributed by atoms with Crippen molar-refractivity contribution in [1.29, 1.82) is 0 Å². The molecule has 2 aromatic carbocycles. The third-order valence-corrected chi connectivity index (χ3v) is 4.62. The second-order valence-corrected chi connectivity index (χ2v) is 6.12. The lowest BCUT2D eigenvalue weighted by atomic mass is 10.1. The Balaban J connectivity index is 1.60. The van der Waals surface area contributed by atoms with Crippen LogP contribution >= 0.6 is 0 Å². The molecule has 1 saturated heterocycles. The fourth-order valence-corrected chi connectivity index (χ4v) is 3.25. The van der Waals surface area contributed by atoms with Crippen LogP contribution in [0.3, 0.4) is 0 Å². The highest BCUT2D eigenvalue weighted by molar-refractivity contribution is 5.50. The van der Waals surface area contributed by atoms with Crippen molar-refractivity contribution in [3.05, 3.63) is 84.2 Å². The van der Waals surface area contributed by atoms with E-state index in [1.165, 1.54) is 22.5 Å². The molecule has 1 unspecified atom stereocenters. The van der Waals surface area contributed by atoms with E-state index < -0.39 is 0 Å². The average Bonchev–Trinajstić information content (AvgIpc) is 3.32. The standard InChI is InChI=1S/C21H22N2O/c1-2-17-8-10-20(11-9-17)23-14-15-24-21(23)18-12-13-22(16-18)19-6-4-3-5-7-19/h3-13,16,21H,2,14-15H2,1H3. The monoisotopic (exact) mass is 318 g/mol. The number of ether oxygens (including phenoxy) is 1. The molecular weight excluding hydrogens is 296 g/mol. The van der Waals surface area contributed by atoms with Gasteiger partial charge in [-0.05, 0) is 42.3 Å². The SMILES string of the molecule is CCc1ccc(N2CCOC2c2ccn(-c3ccccc3)c2)cc1. The summed E-state index contributed by atoms with van der Waals surface area (Å²) in [6.45, 7) is 3.87. The first-order valence-electron chi connectivity index (χ1n) is 8.55. The van der Waals surface area contributed by atoms with Crippen LogP contribution in [0.25, 0.3) is 5.69 Å². The number of anilines is 1. The molecule has 0 spiro atoms. The number of aromatic nitrogens is 1. The Morgan fingerprint density at radius 3 is 2.50 bits per heavy atom. The number of benzene rings is 2. The molecule has 0 saturated carbocycles. The Bertz CT molecular complexity index is 792. The van der Waals surface area contributed by atoms with Gasteiger partial charge in [-0.15, -0.1) is 0 Å². The minimum Gasteiger partial charge on any atom is -0.352 e. The topological polar surface area (TPSA) is 17.4 Å². The third kappa shape index (κ3) is 2.83. The van der Waals surface area contributed by atoms with Crippen LogP contribution < -0.4 is 4.90 Å². The van der Waals surface area contributed by atoms with E-state index in [9.17, 15) is 0 Å². The van der Waals surface area contributed by atoms with E-state index in [1.807, 2.05) is 6.07 Å². The molecule has 2 heterocycles. The Morgan fingerprint density at radius 1 is 0.958 bits per heavy atom. The van der Waals surface area contributed by atoms with Gasteiger partial charge in [0.05, 0.1) is 6.61 Å². The lowest BCUT2D eigenvalue weighted by molar-refractivity contribution is 0.114. The Hall–Kier alpha value is -2.52. The smallest absolute Gasteiger partial charge is 0.158 e. The molecule has 0 radical (unpaired) electrons. The van der Waals surface area contributed by atoms with Crippen molar-refractivity contribution in [2.75, 3.05) is 18.1 Å². The van der Waals surface area contributed by atoms with Crippen LogP contribution in [-0.2, 0) is 11.2 Å². The highest BCUT2D eigenvalue weighted by Gasteiger charge is 2.27. The molecule has 3 aromatic rings. The van der Waals surface area contributed by atoms with Crippen LogP contribution in [0.5, 0.6) is 0 Å². The first-order valence-corrected chi connectivity index (χ1v) is 8.55. The van der Waals surface area contributed by atoms with Crippen LogP contribution in [0.4, 0.5) is 5.69 Å². The van der Waals surface area contributed by atoms with E-state index in [0.29, 0.717) is 0 Å². The van der Waals surface area contributed by atoms with Crippen LogP contribution in [0.2, 0.25) is 0 Å². The van der Waals surface area contributed by atoms with Crippen LogP contribution in [-0.4, -0.2) is 17.7 Å². The first-order chi connectivity index (χ1) is 11.8. The normalized spacial score (nSPS) is 17.4. The minimum absolute atomic E-state index is 0.0116. The number of para-hydroxylation sites is 1. The molecule has 122 valence electrons. The van der Waals surface area contributed by atoms with Crippen molar-refractivity contribution in [1.82, 2.24) is 4.57 Å². The van der Waals surface area contributed by atoms with Crippen LogP contribution in [0, 0.1) is 0 Å². The van der Waals surface area contributed by atoms with Gasteiger partial charge < -0.3 is 14.2 Å². The zero-order valence-corrected chi connectivity index (χ0v) is 13.9. The molecular formula is C21H22N2O. The number of hydrogen-bond donors (Lipinski definition) is 0. The summed E-state index contributed by atoms with van der Waals surface area (Å²) >= 11 is 0. The summed E-state index contributed by atoms with van der Waals surface area (Å²) in [4.78, 5) is 2.34. The van der Waals surface area contributed by atoms with E-state index in [0.717, 1.165) is 19.6 Å². The van der Waals surface area contributed by atoms with Gasteiger partial charge in [-0.25, -0.2) is 0 Å². The summed E-state index contributed by atoms with van der Waals surface area (Å²) in [6.07, 6.45) is 5.33. The van der Waals surface area contributed by atoms with Crippen molar-refractivity contribution in [2.24, 2.45) is 0 Å².